The van der Waals surface area contributed by atoms with E-state index in [1.165, 1.54) is 24.3 Å². The van der Waals surface area contributed by atoms with Crippen LogP contribution in [0.5, 0.6) is 0 Å². The maximum absolute atomic E-state index is 12.9. The van der Waals surface area contributed by atoms with E-state index in [4.69, 9.17) is 0 Å². The standard InChI is InChI=1S/C20H25FN2O3S/c1-14(2)19(23-27(25,26)18-10-4-15(3)5-11-18)20(24)22-13-12-16-6-8-17(21)9-7-16/h4-11,14,19,23H,12-13H2,1-3H3,(H,22,24)/t19-/m0/s1. The zero-order valence-electron chi connectivity index (χ0n) is 15.7. The van der Waals surface area contributed by atoms with Crippen LogP contribution in [0.1, 0.15) is 25.0 Å². The van der Waals surface area contributed by atoms with Gasteiger partial charge in [0.2, 0.25) is 15.9 Å². The molecule has 1 atom stereocenters. The molecule has 0 saturated heterocycles. The molecular formula is C20H25FN2O3S. The Hall–Kier alpha value is -2.25. The fourth-order valence-electron chi connectivity index (χ4n) is 2.54. The summed E-state index contributed by atoms with van der Waals surface area (Å²) >= 11 is 0. The van der Waals surface area contributed by atoms with Gasteiger partial charge in [0, 0.05) is 6.54 Å². The Balaban J connectivity index is 1.99. The van der Waals surface area contributed by atoms with Gasteiger partial charge in [0.05, 0.1) is 4.90 Å². The second-order valence-electron chi connectivity index (χ2n) is 6.82. The molecule has 0 heterocycles. The average molecular weight is 392 g/mol. The lowest BCUT2D eigenvalue weighted by Gasteiger charge is -2.21. The van der Waals surface area contributed by atoms with E-state index in [0.29, 0.717) is 13.0 Å². The van der Waals surface area contributed by atoms with Gasteiger partial charge < -0.3 is 5.32 Å². The summed E-state index contributed by atoms with van der Waals surface area (Å²) < 4.78 is 40.5. The van der Waals surface area contributed by atoms with Crippen LogP contribution in [0.15, 0.2) is 53.4 Å². The summed E-state index contributed by atoms with van der Waals surface area (Å²) in [5, 5.41) is 2.75. The van der Waals surface area contributed by atoms with Gasteiger partial charge in [0.25, 0.3) is 0 Å². The molecule has 0 fully saturated rings. The van der Waals surface area contributed by atoms with E-state index in [1.807, 2.05) is 6.92 Å². The fourth-order valence-corrected chi connectivity index (χ4v) is 3.88. The van der Waals surface area contributed by atoms with Crippen LogP contribution < -0.4 is 10.0 Å². The van der Waals surface area contributed by atoms with Gasteiger partial charge in [-0.05, 0) is 49.1 Å². The van der Waals surface area contributed by atoms with E-state index in [1.54, 1.807) is 38.1 Å². The topological polar surface area (TPSA) is 75.3 Å². The Morgan fingerprint density at radius 1 is 1.04 bits per heavy atom. The second kappa shape index (κ2) is 9.10. The summed E-state index contributed by atoms with van der Waals surface area (Å²) in [7, 11) is -3.80. The van der Waals surface area contributed by atoms with Gasteiger partial charge in [-0.1, -0.05) is 43.7 Å². The first-order chi connectivity index (χ1) is 12.7. The highest BCUT2D eigenvalue weighted by molar-refractivity contribution is 7.89. The van der Waals surface area contributed by atoms with Crippen LogP contribution in [0.4, 0.5) is 4.39 Å². The number of hydrogen-bond acceptors (Lipinski definition) is 3. The lowest BCUT2D eigenvalue weighted by Crippen LogP contribution is -2.49. The van der Waals surface area contributed by atoms with E-state index in [2.05, 4.69) is 10.0 Å². The zero-order chi connectivity index (χ0) is 20.0. The molecule has 1 amide bonds. The molecule has 0 aliphatic heterocycles. The first-order valence-electron chi connectivity index (χ1n) is 8.80. The van der Waals surface area contributed by atoms with Crippen LogP contribution in [0.2, 0.25) is 0 Å². The van der Waals surface area contributed by atoms with Crippen molar-refractivity contribution in [1.82, 2.24) is 10.0 Å². The Morgan fingerprint density at radius 3 is 2.19 bits per heavy atom. The van der Waals surface area contributed by atoms with Crippen molar-refractivity contribution in [1.29, 1.82) is 0 Å². The normalized spacial score (nSPS) is 12.8. The van der Waals surface area contributed by atoms with Gasteiger partial charge >= 0.3 is 0 Å². The van der Waals surface area contributed by atoms with Crippen molar-refractivity contribution in [3.8, 4) is 0 Å². The number of aryl methyl sites for hydroxylation is 1. The SMILES string of the molecule is Cc1ccc(S(=O)(=O)N[C@H](C(=O)NCCc2ccc(F)cc2)C(C)C)cc1. The minimum absolute atomic E-state index is 0.123. The lowest BCUT2D eigenvalue weighted by atomic mass is 10.0. The van der Waals surface area contributed by atoms with E-state index < -0.39 is 16.1 Å². The molecule has 7 heteroatoms. The Kier molecular flexibility index (Phi) is 7.10. The summed E-state index contributed by atoms with van der Waals surface area (Å²) in [4.78, 5) is 12.6. The molecule has 146 valence electrons. The molecule has 0 bridgehead atoms. The number of carbonyl (C=O) groups excluding carboxylic acids is 1. The predicted molar refractivity (Wildman–Crippen MR) is 103 cm³/mol. The molecule has 2 aromatic rings. The van der Waals surface area contributed by atoms with Crippen molar-refractivity contribution >= 4 is 15.9 Å². The minimum atomic E-state index is -3.80. The molecule has 27 heavy (non-hydrogen) atoms. The van der Waals surface area contributed by atoms with Gasteiger partial charge in [-0.15, -0.1) is 0 Å². The van der Waals surface area contributed by atoms with Crippen molar-refractivity contribution in [2.75, 3.05) is 6.54 Å². The van der Waals surface area contributed by atoms with E-state index in [0.717, 1.165) is 11.1 Å². The highest BCUT2D eigenvalue weighted by atomic mass is 32.2. The molecule has 2 N–H and O–H groups in total. The molecule has 2 rings (SSSR count). The van der Waals surface area contributed by atoms with Crippen LogP contribution in [-0.4, -0.2) is 26.9 Å². The van der Waals surface area contributed by atoms with Crippen molar-refractivity contribution in [3.63, 3.8) is 0 Å². The Labute approximate surface area is 160 Å². The molecule has 0 spiro atoms. The van der Waals surface area contributed by atoms with Crippen LogP contribution >= 0.6 is 0 Å². The highest BCUT2D eigenvalue weighted by Gasteiger charge is 2.28. The maximum Gasteiger partial charge on any atom is 0.241 e. The molecule has 0 unspecified atom stereocenters. The Bertz CT molecular complexity index is 863. The monoisotopic (exact) mass is 392 g/mol. The number of rotatable bonds is 8. The quantitative estimate of drug-likeness (QED) is 0.725. The van der Waals surface area contributed by atoms with E-state index in [-0.39, 0.29) is 22.5 Å². The van der Waals surface area contributed by atoms with Gasteiger partial charge in [0.1, 0.15) is 11.9 Å². The molecule has 2 aromatic carbocycles. The molecule has 0 aromatic heterocycles. The Morgan fingerprint density at radius 2 is 1.63 bits per heavy atom. The molecule has 5 nitrogen and oxygen atoms in total. The van der Waals surface area contributed by atoms with Crippen LogP contribution in [0.3, 0.4) is 0 Å². The summed E-state index contributed by atoms with van der Waals surface area (Å²) in [6.45, 7) is 5.76. The first-order valence-corrected chi connectivity index (χ1v) is 10.3. The van der Waals surface area contributed by atoms with Crippen molar-refractivity contribution in [2.24, 2.45) is 5.92 Å². The van der Waals surface area contributed by atoms with Gasteiger partial charge in [0.15, 0.2) is 0 Å². The van der Waals surface area contributed by atoms with Crippen LogP contribution in [-0.2, 0) is 21.2 Å². The van der Waals surface area contributed by atoms with Gasteiger partial charge in [-0.2, -0.15) is 4.72 Å². The molecular weight excluding hydrogens is 367 g/mol. The summed E-state index contributed by atoms with van der Waals surface area (Å²) in [5.41, 5.74) is 1.84. The molecule has 0 saturated carbocycles. The van der Waals surface area contributed by atoms with Crippen LogP contribution in [0.25, 0.3) is 0 Å². The fraction of sp³-hybridized carbons (Fsp3) is 0.350. The molecule has 0 aliphatic rings. The number of amides is 1. The van der Waals surface area contributed by atoms with E-state index in [9.17, 15) is 17.6 Å². The molecule has 0 radical (unpaired) electrons. The number of nitrogens with one attached hydrogen (secondary N) is 2. The van der Waals surface area contributed by atoms with Crippen LogP contribution in [0, 0.1) is 18.7 Å². The zero-order valence-corrected chi connectivity index (χ0v) is 16.5. The molecule has 0 aliphatic carbocycles. The van der Waals surface area contributed by atoms with Gasteiger partial charge in [-0.3, -0.25) is 4.79 Å². The maximum atomic E-state index is 12.9. The third kappa shape index (κ3) is 6.15. The highest BCUT2D eigenvalue weighted by Crippen LogP contribution is 2.13. The smallest absolute Gasteiger partial charge is 0.241 e. The number of hydrogen-bond donors (Lipinski definition) is 2. The lowest BCUT2D eigenvalue weighted by molar-refractivity contribution is -0.123. The van der Waals surface area contributed by atoms with Crippen molar-refractivity contribution in [3.05, 3.63) is 65.5 Å². The summed E-state index contributed by atoms with van der Waals surface area (Å²) in [6.07, 6.45) is 0.529. The van der Waals surface area contributed by atoms with Gasteiger partial charge in [-0.25, -0.2) is 12.8 Å². The minimum Gasteiger partial charge on any atom is -0.354 e. The first kappa shape index (κ1) is 21.1. The summed E-state index contributed by atoms with van der Waals surface area (Å²) in [5.74, 6) is -0.924. The second-order valence-corrected chi connectivity index (χ2v) is 8.54. The largest absolute Gasteiger partial charge is 0.354 e. The van der Waals surface area contributed by atoms with E-state index >= 15 is 0 Å². The van der Waals surface area contributed by atoms with Crippen molar-refractivity contribution < 1.29 is 17.6 Å². The third-order valence-corrected chi connectivity index (χ3v) is 5.65. The predicted octanol–water partition coefficient (Wildman–Crippen LogP) is 2.80. The number of sulfonamides is 1. The third-order valence-electron chi connectivity index (χ3n) is 4.19. The number of carbonyl (C=O) groups is 1. The summed E-state index contributed by atoms with van der Waals surface area (Å²) in [6, 6.07) is 11.6. The number of halogens is 1. The average Bonchev–Trinajstić information content (AvgIpc) is 2.61. The number of benzene rings is 2. The van der Waals surface area contributed by atoms with Crippen molar-refractivity contribution in [2.45, 2.75) is 38.1 Å².